The molecule has 1 rings (SSSR count). The maximum atomic E-state index is 4.24. The van der Waals surface area contributed by atoms with Crippen molar-refractivity contribution >= 4 is 0 Å². The van der Waals surface area contributed by atoms with Crippen LogP contribution < -0.4 is 0 Å². The van der Waals surface area contributed by atoms with Crippen LogP contribution >= 0.6 is 0 Å². The van der Waals surface area contributed by atoms with Crippen molar-refractivity contribution < 1.29 is 0 Å². The number of hydrogen-bond donors (Lipinski definition) is 0. The molecular formula is C9H14N2. The Morgan fingerprint density at radius 2 is 2.55 bits per heavy atom. The first-order valence-corrected chi connectivity index (χ1v) is 3.99. The van der Waals surface area contributed by atoms with E-state index >= 15 is 0 Å². The van der Waals surface area contributed by atoms with E-state index < -0.39 is 0 Å². The van der Waals surface area contributed by atoms with E-state index in [2.05, 4.69) is 23.1 Å². The zero-order valence-electron chi connectivity index (χ0n) is 6.95. The molecule has 0 aliphatic carbocycles. The van der Waals surface area contributed by atoms with Crippen LogP contribution in [0.2, 0.25) is 0 Å². The van der Waals surface area contributed by atoms with Gasteiger partial charge in [0.1, 0.15) is 5.82 Å². The summed E-state index contributed by atoms with van der Waals surface area (Å²) in [5, 5.41) is 0. The fourth-order valence-electron chi connectivity index (χ4n) is 1.09. The first-order chi connectivity index (χ1) is 5.38. The third kappa shape index (κ3) is 1.93. The number of allylic oxidation sites excluding steroid dienone is 1. The molecule has 0 bridgehead atoms. The van der Waals surface area contributed by atoms with Gasteiger partial charge in [0.25, 0.3) is 0 Å². The number of nitrogens with zero attached hydrogens (tertiary/aromatic N) is 2. The number of rotatable bonds is 4. The molecule has 0 aliphatic heterocycles. The van der Waals surface area contributed by atoms with Crippen molar-refractivity contribution in [2.45, 2.75) is 26.3 Å². The summed E-state index contributed by atoms with van der Waals surface area (Å²) in [6, 6.07) is 0. The zero-order chi connectivity index (χ0) is 8.10. The lowest BCUT2D eigenvalue weighted by atomic mass is 10.3. The summed E-state index contributed by atoms with van der Waals surface area (Å²) < 4.78 is 2.16. The molecule has 0 saturated carbocycles. The molecule has 0 unspecified atom stereocenters. The van der Waals surface area contributed by atoms with Gasteiger partial charge in [-0.05, 0) is 13.3 Å². The van der Waals surface area contributed by atoms with E-state index in [1.54, 1.807) is 0 Å². The largest absolute Gasteiger partial charge is 0.335 e. The van der Waals surface area contributed by atoms with E-state index in [1.165, 1.54) is 0 Å². The highest BCUT2D eigenvalue weighted by Gasteiger charge is 1.97. The molecule has 0 fully saturated rings. The standard InChI is InChI=1S/C9H14N2/c1-3-5-6-9-10-7-8-11(9)4-2/h3,7-8H,1,4-6H2,2H3. The molecule has 0 aromatic carbocycles. The van der Waals surface area contributed by atoms with E-state index in [4.69, 9.17) is 0 Å². The quantitative estimate of drug-likeness (QED) is 0.600. The summed E-state index contributed by atoms with van der Waals surface area (Å²) in [4.78, 5) is 4.24. The van der Waals surface area contributed by atoms with Crippen LogP contribution in [0.15, 0.2) is 25.0 Å². The predicted molar refractivity (Wildman–Crippen MR) is 46.4 cm³/mol. The Labute approximate surface area is 67.6 Å². The predicted octanol–water partition coefficient (Wildman–Crippen LogP) is 2.02. The highest BCUT2D eigenvalue weighted by atomic mass is 15.0. The van der Waals surface area contributed by atoms with Crippen molar-refractivity contribution in [2.75, 3.05) is 0 Å². The molecule has 1 heterocycles. The molecule has 0 N–H and O–H groups in total. The molecule has 0 radical (unpaired) electrons. The van der Waals surface area contributed by atoms with Crippen LogP contribution in [-0.2, 0) is 13.0 Å². The average molecular weight is 150 g/mol. The average Bonchev–Trinajstić information content (AvgIpc) is 2.47. The van der Waals surface area contributed by atoms with Crippen molar-refractivity contribution in [3.8, 4) is 0 Å². The van der Waals surface area contributed by atoms with Crippen LogP contribution in [-0.4, -0.2) is 9.55 Å². The van der Waals surface area contributed by atoms with E-state index in [0.29, 0.717) is 0 Å². The summed E-state index contributed by atoms with van der Waals surface area (Å²) in [5.41, 5.74) is 0. The molecule has 11 heavy (non-hydrogen) atoms. The lowest BCUT2D eigenvalue weighted by Gasteiger charge is -2.01. The van der Waals surface area contributed by atoms with Gasteiger partial charge in [0.05, 0.1) is 0 Å². The molecule has 1 aromatic rings. The minimum Gasteiger partial charge on any atom is -0.335 e. The Bertz CT molecular complexity index is 225. The van der Waals surface area contributed by atoms with Crippen molar-refractivity contribution in [3.05, 3.63) is 30.9 Å². The third-order valence-electron chi connectivity index (χ3n) is 1.71. The first kappa shape index (κ1) is 8.05. The third-order valence-corrected chi connectivity index (χ3v) is 1.71. The fraction of sp³-hybridized carbons (Fsp3) is 0.444. The summed E-state index contributed by atoms with van der Waals surface area (Å²) in [5.74, 6) is 1.16. The van der Waals surface area contributed by atoms with Gasteiger partial charge in [-0.25, -0.2) is 4.98 Å². The Balaban J connectivity index is 2.60. The second kappa shape index (κ2) is 3.96. The van der Waals surface area contributed by atoms with Gasteiger partial charge in [-0.1, -0.05) is 6.08 Å². The maximum absolute atomic E-state index is 4.24. The lowest BCUT2D eigenvalue weighted by Crippen LogP contribution is -1.99. The molecule has 0 spiro atoms. The van der Waals surface area contributed by atoms with Crippen molar-refractivity contribution in [3.63, 3.8) is 0 Å². The Morgan fingerprint density at radius 1 is 1.73 bits per heavy atom. The van der Waals surface area contributed by atoms with Crippen molar-refractivity contribution in [1.82, 2.24) is 9.55 Å². The van der Waals surface area contributed by atoms with Crippen LogP contribution in [0.3, 0.4) is 0 Å². The summed E-state index contributed by atoms with van der Waals surface area (Å²) in [6.45, 7) is 6.81. The van der Waals surface area contributed by atoms with Crippen LogP contribution in [0.1, 0.15) is 19.2 Å². The van der Waals surface area contributed by atoms with Crippen molar-refractivity contribution in [1.29, 1.82) is 0 Å². The number of aromatic nitrogens is 2. The van der Waals surface area contributed by atoms with Crippen LogP contribution in [0, 0.1) is 0 Å². The Hall–Kier alpha value is -1.05. The maximum Gasteiger partial charge on any atom is 0.108 e. The number of aryl methyl sites for hydroxylation is 2. The van der Waals surface area contributed by atoms with Gasteiger partial charge in [-0.15, -0.1) is 6.58 Å². The van der Waals surface area contributed by atoms with E-state index in [1.807, 2.05) is 18.5 Å². The highest BCUT2D eigenvalue weighted by Crippen LogP contribution is 2.00. The topological polar surface area (TPSA) is 17.8 Å². The van der Waals surface area contributed by atoms with Gasteiger partial charge in [0, 0.05) is 25.4 Å². The molecule has 0 aliphatic rings. The Morgan fingerprint density at radius 3 is 3.18 bits per heavy atom. The molecule has 2 heteroatoms. The molecule has 0 saturated heterocycles. The van der Waals surface area contributed by atoms with Gasteiger partial charge >= 0.3 is 0 Å². The second-order valence-corrected chi connectivity index (χ2v) is 2.46. The van der Waals surface area contributed by atoms with Gasteiger partial charge < -0.3 is 4.57 Å². The molecule has 0 atom stereocenters. The molecule has 0 amide bonds. The lowest BCUT2D eigenvalue weighted by molar-refractivity contribution is 0.693. The smallest absolute Gasteiger partial charge is 0.108 e. The van der Waals surface area contributed by atoms with Crippen LogP contribution in [0.4, 0.5) is 0 Å². The molecule has 1 aromatic heterocycles. The van der Waals surface area contributed by atoms with E-state index in [9.17, 15) is 0 Å². The van der Waals surface area contributed by atoms with Crippen LogP contribution in [0.5, 0.6) is 0 Å². The zero-order valence-corrected chi connectivity index (χ0v) is 6.95. The molecule has 2 nitrogen and oxygen atoms in total. The minimum absolute atomic E-state index is 1.00. The van der Waals surface area contributed by atoms with Gasteiger partial charge in [-0.2, -0.15) is 0 Å². The Kier molecular flexibility index (Phi) is 2.90. The van der Waals surface area contributed by atoms with E-state index in [-0.39, 0.29) is 0 Å². The van der Waals surface area contributed by atoms with Gasteiger partial charge in [0.2, 0.25) is 0 Å². The SMILES string of the molecule is C=CCCc1nccn1CC. The van der Waals surface area contributed by atoms with Crippen LogP contribution in [0.25, 0.3) is 0 Å². The summed E-state index contributed by atoms with van der Waals surface area (Å²) in [6.07, 6.45) is 7.80. The summed E-state index contributed by atoms with van der Waals surface area (Å²) >= 11 is 0. The highest BCUT2D eigenvalue weighted by molar-refractivity contribution is 4.93. The van der Waals surface area contributed by atoms with Gasteiger partial charge in [-0.3, -0.25) is 0 Å². The fourth-order valence-corrected chi connectivity index (χ4v) is 1.09. The second-order valence-electron chi connectivity index (χ2n) is 2.46. The number of imidazole rings is 1. The number of hydrogen-bond acceptors (Lipinski definition) is 1. The first-order valence-electron chi connectivity index (χ1n) is 3.99. The normalized spacial score (nSPS) is 9.91. The molecule has 60 valence electrons. The molecular weight excluding hydrogens is 136 g/mol. The minimum atomic E-state index is 1.00. The van der Waals surface area contributed by atoms with E-state index in [0.717, 1.165) is 25.2 Å². The van der Waals surface area contributed by atoms with Gasteiger partial charge in [0.15, 0.2) is 0 Å². The van der Waals surface area contributed by atoms with Crippen molar-refractivity contribution in [2.24, 2.45) is 0 Å². The summed E-state index contributed by atoms with van der Waals surface area (Å²) in [7, 11) is 0. The monoisotopic (exact) mass is 150 g/mol.